The summed E-state index contributed by atoms with van der Waals surface area (Å²) < 4.78 is 2.30. The Morgan fingerprint density at radius 2 is 1.30 bits per heavy atom. The van der Waals surface area contributed by atoms with Crippen LogP contribution in [0.2, 0.25) is 0 Å². The molecule has 0 N–H and O–H groups in total. The molecule has 0 spiro atoms. The minimum absolute atomic E-state index is 0.310. The minimum Gasteiger partial charge on any atom is -0.343 e. The van der Waals surface area contributed by atoms with Gasteiger partial charge < -0.3 is 4.57 Å². The maximum absolute atomic E-state index is 4.68. The van der Waals surface area contributed by atoms with E-state index < -0.39 is 0 Å². The molecule has 3 heteroatoms. The molecule has 0 saturated carbocycles. The maximum atomic E-state index is 4.68. The second-order valence-electron chi connectivity index (χ2n) is 6.85. The summed E-state index contributed by atoms with van der Waals surface area (Å²) in [6, 6.07) is 32.1. The van der Waals surface area contributed by atoms with Crippen molar-refractivity contribution < 1.29 is 0 Å². The zero-order valence-corrected chi connectivity index (χ0v) is 15.4. The summed E-state index contributed by atoms with van der Waals surface area (Å²) in [6.07, 6.45) is 5.05. The van der Waals surface area contributed by atoms with E-state index in [1.165, 1.54) is 16.7 Å². The number of hydrogen-bond donors (Lipinski definition) is 0. The standard InChI is InChI=1S/C24H23BN2/c1-4-10-20(11-5-1)16-18-27-19-17-26-24(27)25-23(21-12-6-2-7-13-21)22-14-8-3-9-15-22/h1-15,17,19,23,25H,16,18H2. The summed E-state index contributed by atoms with van der Waals surface area (Å²) in [5.74, 6) is 0.310. The molecule has 0 bridgehead atoms. The predicted molar refractivity (Wildman–Crippen MR) is 114 cm³/mol. The molecule has 3 aromatic carbocycles. The molecule has 0 aliphatic heterocycles. The topological polar surface area (TPSA) is 17.8 Å². The van der Waals surface area contributed by atoms with E-state index in [1.54, 1.807) is 0 Å². The van der Waals surface area contributed by atoms with Crippen molar-refractivity contribution in [1.82, 2.24) is 9.55 Å². The van der Waals surface area contributed by atoms with Gasteiger partial charge in [0.1, 0.15) is 0 Å². The number of nitrogens with zero attached hydrogens (tertiary/aromatic N) is 2. The maximum Gasteiger partial charge on any atom is 0.217 e. The second-order valence-corrected chi connectivity index (χ2v) is 6.85. The summed E-state index contributed by atoms with van der Waals surface area (Å²) in [5, 5.41) is 0. The zero-order chi connectivity index (χ0) is 18.3. The SMILES string of the molecule is B(c1nccn1CCc1ccccc1)C(c1ccccc1)c1ccccc1. The van der Waals surface area contributed by atoms with Gasteiger partial charge in [-0.25, -0.2) is 0 Å². The average molecular weight is 350 g/mol. The van der Waals surface area contributed by atoms with Crippen LogP contribution in [0.25, 0.3) is 0 Å². The Bertz CT molecular complexity index is 910. The molecule has 0 saturated heterocycles. The highest BCUT2D eigenvalue weighted by Crippen LogP contribution is 2.23. The predicted octanol–water partition coefficient (Wildman–Crippen LogP) is 3.98. The van der Waals surface area contributed by atoms with Crippen LogP contribution >= 0.6 is 0 Å². The van der Waals surface area contributed by atoms with Gasteiger partial charge in [-0.15, -0.1) is 0 Å². The summed E-state index contributed by atoms with van der Waals surface area (Å²) in [6.45, 7) is 0.954. The fourth-order valence-corrected chi connectivity index (χ4v) is 3.61. The Labute approximate surface area is 161 Å². The van der Waals surface area contributed by atoms with E-state index in [4.69, 9.17) is 0 Å². The first-order chi connectivity index (χ1) is 13.4. The van der Waals surface area contributed by atoms with Crippen LogP contribution in [0.3, 0.4) is 0 Å². The lowest BCUT2D eigenvalue weighted by Gasteiger charge is -2.18. The lowest BCUT2D eigenvalue weighted by Crippen LogP contribution is -2.32. The highest BCUT2D eigenvalue weighted by Gasteiger charge is 2.19. The minimum atomic E-state index is 0.310. The van der Waals surface area contributed by atoms with Gasteiger partial charge in [-0.2, -0.15) is 0 Å². The van der Waals surface area contributed by atoms with Gasteiger partial charge in [0.05, 0.1) is 5.72 Å². The van der Waals surface area contributed by atoms with Crippen LogP contribution in [-0.2, 0) is 13.0 Å². The van der Waals surface area contributed by atoms with Gasteiger partial charge in [-0.05, 0) is 28.9 Å². The molecule has 0 radical (unpaired) electrons. The van der Waals surface area contributed by atoms with E-state index in [2.05, 4.69) is 107 Å². The summed E-state index contributed by atoms with van der Waals surface area (Å²) in [7, 11) is 0.899. The van der Waals surface area contributed by atoms with Crippen molar-refractivity contribution in [2.75, 3.05) is 0 Å². The normalized spacial score (nSPS) is 10.9. The molecule has 0 unspecified atom stereocenters. The summed E-state index contributed by atoms with van der Waals surface area (Å²) in [4.78, 5) is 4.68. The molecule has 1 heterocycles. The quantitative estimate of drug-likeness (QED) is 0.461. The lowest BCUT2D eigenvalue weighted by molar-refractivity contribution is 0.712. The number of benzene rings is 3. The molecule has 0 atom stereocenters. The molecule has 0 amide bonds. The Morgan fingerprint density at radius 1 is 0.741 bits per heavy atom. The molecular weight excluding hydrogens is 327 g/mol. The Hall–Kier alpha value is -3.07. The molecule has 0 fully saturated rings. The molecule has 1 aromatic heterocycles. The molecule has 4 aromatic rings. The molecule has 132 valence electrons. The van der Waals surface area contributed by atoms with Crippen LogP contribution in [0.4, 0.5) is 0 Å². The highest BCUT2D eigenvalue weighted by atomic mass is 15.0. The van der Waals surface area contributed by atoms with Crippen LogP contribution in [-0.4, -0.2) is 16.8 Å². The van der Waals surface area contributed by atoms with Gasteiger partial charge in [0, 0.05) is 18.9 Å². The van der Waals surface area contributed by atoms with Crippen LogP contribution in [0, 0.1) is 0 Å². The average Bonchev–Trinajstić information content (AvgIpc) is 3.19. The van der Waals surface area contributed by atoms with Crippen molar-refractivity contribution in [2.24, 2.45) is 0 Å². The van der Waals surface area contributed by atoms with Crippen molar-refractivity contribution in [3.63, 3.8) is 0 Å². The molecular formula is C24H23BN2. The third-order valence-corrected chi connectivity index (χ3v) is 5.08. The van der Waals surface area contributed by atoms with Crippen LogP contribution in [0.5, 0.6) is 0 Å². The summed E-state index contributed by atoms with van der Waals surface area (Å²) >= 11 is 0. The largest absolute Gasteiger partial charge is 0.343 e. The number of hydrogen-bond acceptors (Lipinski definition) is 1. The molecule has 2 nitrogen and oxygen atoms in total. The molecule has 0 aliphatic carbocycles. The van der Waals surface area contributed by atoms with E-state index >= 15 is 0 Å². The second kappa shape index (κ2) is 8.55. The number of aromatic nitrogens is 2. The fourth-order valence-electron chi connectivity index (χ4n) is 3.61. The third kappa shape index (κ3) is 4.37. The number of rotatable bonds is 7. The fraction of sp³-hybridized carbons (Fsp3) is 0.125. The van der Waals surface area contributed by atoms with Gasteiger partial charge in [0.25, 0.3) is 0 Å². The Balaban J connectivity index is 1.56. The van der Waals surface area contributed by atoms with Gasteiger partial charge in [0.15, 0.2) is 0 Å². The van der Waals surface area contributed by atoms with Crippen molar-refractivity contribution in [1.29, 1.82) is 0 Å². The van der Waals surface area contributed by atoms with E-state index in [-0.39, 0.29) is 0 Å². The van der Waals surface area contributed by atoms with Crippen molar-refractivity contribution in [3.05, 3.63) is 120 Å². The van der Waals surface area contributed by atoms with E-state index in [9.17, 15) is 0 Å². The van der Waals surface area contributed by atoms with Crippen molar-refractivity contribution in [2.45, 2.75) is 18.8 Å². The molecule has 4 rings (SSSR count). The van der Waals surface area contributed by atoms with Crippen molar-refractivity contribution in [3.8, 4) is 0 Å². The first-order valence-electron chi connectivity index (χ1n) is 9.54. The monoisotopic (exact) mass is 350 g/mol. The first-order valence-corrected chi connectivity index (χ1v) is 9.54. The Kier molecular flexibility index (Phi) is 5.49. The zero-order valence-electron chi connectivity index (χ0n) is 15.4. The van der Waals surface area contributed by atoms with Gasteiger partial charge in [0.2, 0.25) is 7.28 Å². The van der Waals surface area contributed by atoms with E-state index in [0.29, 0.717) is 5.82 Å². The molecule has 27 heavy (non-hydrogen) atoms. The molecule has 0 aliphatic rings. The van der Waals surface area contributed by atoms with E-state index in [1.807, 2.05) is 6.20 Å². The Morgan fingerprint density at radius 3 is 1.89 bits per heavy atom. The van der Waals surface area contributed by atoms with Crippen LogP contribution in [0.1, 0.15) is 22.5 Å². The highest BCUT2D eigenvalue weighted by molar-refractivity contribution is 6.54. The third-order valence-electron chi connectivity index (χ3n) is 5.08. The lowest BCUT2D eigenvalue weighted by atomic mass is 9.58. The van der Waals surface area contributed by atoms with Crippen molar-refractivity contribution >= 4 is 13.0 Å². The number of aryl methyl sites for hydroxylation is 2. The number of imidazole rings is 1. The van der Waals surface area contributed by atoms with Crippen LogP contribution in [0.15, 0.2) is 103 Å². The summed E-state index contributed by atoms with van der Waals surface area (Å²) in [5.41, 5.74) is 5.17. The smallest absolute Gasteiger partial charge is 0.217 e. The van der Waals surface area contributed by atoms with Gasteiger partial charge in [-0.1, -0.05) is 91.0 Å². The van der Waals surface area contributed by atoms with Gasteiger partial charge >= 0.3 is 0 Å². The van der Waals surface area contributed by atoms with E-state index in [0.717, 1.165) is 26.0 Å². The van der Waals surface area contributed by atoms with Gasteiger partial charge in [-0.3, -0.25) is 4.98 Å². The first kappa shape index (κ1) is 17.4. The van der Waals surface area contributed by atoms with Crippen LogP contribution < -0.4 is 5.72 Å².